The highest BCUT2D eigenvalue weighted by Gasteiger charge is 2.36. The van der Waals surface area contributed by atoms with Crippen LogP contribution in [0.5, 0.6) is 0 Å². The molecule has 2 rings (SSSR count). The van der Waals surface area contributed by atoms with Gasteiger partial charge in [-0.15, -0.1) is 0 Å². The van der Waals surface area contributed by atoms with E-state index < -0.39 is 0 Å². The topological polar surface area (TPSA) is 59.4 Å². The van der Waals surface area contributed by atoms with Crippen molar-refractivity contribution >= 4 is 5.91 Å². The first-order valence-electron chi connectivity index (χ1n) is 6.86. The van der Waals surface area contributed by atoms with Gasteiger partial charge in [0, 0.05) is 32.2 Å². The molecule has 1 N–H and O–H groups in total. The number of piperazine rings is 1. The van der Waals surface area contributed by atoms with Crippen molar-refractivity contribution in [3.05, 3.63) is 0 Å². The first kappa shape index (κ1) is 13.3. The number of nitriles is 1. The lowest BCUT2D eigenvalue weighted by atomic mass is 10.1. The second kappa shape index (κ2) is 6.17. The van der Waals surface area contributed by atoms with E-state index in [2.05, 4.69) is 16.3 Å². The molecule has 18 heavy (non-hydrogen) atoms. The Kier molecular flexibility index (Phi) is 4.56. The van der Waals surface area contributed by atoms with E-state index in [1.54, 1.807) is 0 Å². The number of amides is 1. The summed E-state index contributed by atoms with van der Waals surface area (Å²) in [6, 6.07) is 2.40. The van der Waals surface area contributed by atoms with Crippen molar-refractivity contribution < 1.29 is 4.79 Å². The van der Waals surface area contributed by atoms with Gasteiger partial charge in [-0.2, -0.15) is 5.26 Å². The molecule has 0 aromatic rings. The van der Waals surface area contributed by atoms with Gasteiger partial charge in [0.05, 0.1) is 18.5 Å². The molecule has 2 unspecified atom stereocenters. The minimum atomic E-state index is 0.00597. The molecule has 2 fully saturated rings. The fourth-order valence-electron chi connectivity index (χ4n) is 2.93. The first-order valence-corrected chi connectivity index (χ1v) is 6.86. The summed E-state index contributed by atoms with van der Waals surface area (Å²) in [6.07, 6.45) is 2.52. The maximum absolute atomic E-state index is 12.5. The lowest BCUT2D eigenvalue weighted by Gasteiger charge is -2.34. The van der Waals surface area contributed by atoms with Crippen LogP contribution in [-0.2, 0) is 4.79 Å². The number of rotatable bonds is 3. The first-order chi connectivity index (χ1) is 8.74. The van der Waals surface area contributed by atoms with E-state index in [1.807, 2.05) is 11.8 Å². The quantitative estimate of drug-likeness (QED) is 0.776. The zero-order chi connectivity index (χ0) is 13.0. The molecule has 0 saturated carbocycles. The molecule has 0 aromatic heterocycles. The molecule has 2 aliphatic rings. The largest absolute Gasteiger partial charge is 0.339 e. The van der Waals surface area contributed by atoms with Crippen LogP contribution in [0.1, 0.15) is 26.2 Å². The summed E-state index contributed by atoms with van der Waals surface area (Å²) in [5.41, 5.74) is 0. The van der Waals surface area contributed by atoms with Crippen molar-refractivity contribution in [1.29, 1.82) is 5.26 Å². The number of nitrogens with zero attached hydrogens (tertiary/aromatic N) is 3. The molecule has 0 aromatic carbocycles. The maximum Gasteiger partial charge on any atom is 0.240 e. The molecule has 2 atom stereocenters. The molecular weight excluding hydrogens is 228 g/mol. The van der Waals surface area contributed by atoms with Crippen molar-refractivity contribution in [3.63, 3.8) is 0 Å². The smallest absolute Gasteiger partial charge is 0.240 e. The van der Waals surface area contributed by atoms with E-state index in [0.29, 0.717) is 6.42 Å². The molecule has 0 aliphatic carbocycles. The van der Waals surface area contributed by atoms with Gasteiger partial charge in [-0.25, -0.2) is 0 Å². The number of nitrogens with one attached hydrogen (secondary N) is 1. The lowest BCUT2D eigenvalue weighted by Crippen LogP contribution is -2.53. The van der Waals surface area contributed by atoms with E-state index in [1.165, 1.54) is 0 Å². The predicted molar refractivity (Wildman–Crippen MR) is 68.9 cm³/mol. The van der Waals surface area contributed by atoms with Gasteiger partial charge in [0.25, 0.3) is 0 Å². The van der Waals surface area contributed by atoms with Crippen LogP contribution >= 0.6 is 0 Å². The predicted octanol–water partition coefficient (Wildman–Crippen LogP) is 0.185. The summed E-state index contributed by atoms with van der Waals surface area (Å²) in [4.78, 5) is 16.7. The summed E-state index contributed by atoms with van der Waals surface area (Å²) in [6.45, 7) is 6.42. The Hall–Kier alpha value is -1.12. The number of carbonyl (C=O) groups is 1. The third-order valence-electron chi connectivity index (χ3n) is 3.96. The highest BCUT2D eigenvalue weighted by Crippen LogP contribution is 2.23. The molecule has 5 heteroatoms. The van der Waals surface area contributed by atoms with Gasteiger partial charge >= 0.3 is 0 Å². The molecule has 5 nitrogen and oxygen atoms in total. The molecule has 100 valence electrons. The van der Waals surface area contributed by atoms with Crippen LogP contribution in [-0.4, -0.2) is 60.5 Å². The number of likely N-dealkylation sites (tertiary alicyclic amines) is 1. The fourth-order valence-corrected chi connectivity index (χ4v) is 2.93. The Labute approximate surface area is 109 Å². The summed E-state index contributed by atoms with van der Waals surface area (Å²) in [5.74, 6) is 0.263. The van der Waals surface area contributed by atoms with Gasteiger partial charge in [-0.3, -0.25) is 9.69 Å². The number of carbonyl (C=O) groups excluding carboxylic acids is 1. The molecular formula is C13H22N4O. The van der Waals surface area contributed by atoms with Gasteiger partial charge in [-0.1, -0.05) is 0 Å². The van der Waals surface area contributed by atoms with Crippen LogP contribution in [0.4, 0.5) is 0 Å². The standard InChI is InChI=1S/C13H22N4O/c1-11(4-5-14)17-8-2-3-12(17)13(18)16-9-6-15-7-10-16/h11-12,15H,2-4,6-10H2,1H3. The monoisotopic (exact) mass is 250 g/mol. The Balaban J connectivity index is 1.97. The fraction of sp³-hybridized carbons (Fsp3) is 0.846. The number of hydrogen-bond acceptors (Lipinski definition) is 4. The molecule has 1 amide bonds. The van der Waals surface area contributed by atoms with Crippen molar-refractivity contribution in [2.24, 2.45) is 0 Å². The second-order valence-corrected chi connectivity index (χ2v) is 5.18. The average molecular weight is 250 g/mol. The van der Waals surface area contributed by atoms with E-state index in [0.717, 1.165) is 45.6 Å². The molecule has 2 heterocycles. The third kappa shape index (κ3) is 2.82. The lowest BCUT2D eigenvalue weighted by molar-refractivity contribution is -0.137. The van der Waals surface area contributed by atoms with Crippen LogP contribution in [0, 0.1) is 11.3 Å². The average Bonchev–Trinajstić information content (AvgIpc) is 2.88. The molecule has 0 radical (unpaired) electrons. The van der Waals surface area contributed by atoms with Crippen molar-refractivity contribution in [2.45, 2.75) is 38.3 Å². The van der Waals surface area contributed by atoms with Crippen LogP contribution in [0.2, 0.25) is 0 Å². The van der Waals surface area contributed by atoms with Gasteiger partial charge in [0.15, 0.2) is 0 Å². The normalized spacial score (nSPS) is 26.9. The van der Waals surface area contributed by atoms with E-state index >= 15 is 0 Å². The minimum absolute atomic E-state index is 0.00597. The molecule has 0 spiro atoms. The van der Waals surface area contributed by atoms with Crippen molar-refractivity contribution in [2.75, 3.05) is 32.7 Å². The Morgan fingerprint density at radius 3 is 2.83 bits per heavy atom. The Morgan fingerprint density at radius 1 is 1.44 bits per heavy atom. The molecule has 0 bridgehead atoms. The van der Waals surface area contributed by atoms with Gasteiger partial charge in [0.1, 0.15) is 0 Å². The highest BCUT2D eigenvalue weighted by molar-refractivity contribution is 5.82. The molecule has 2 aliphatic heterocycles. The van der Waals surface area contributed by atoms with E-state index in [-0.39, 0.29) is 18.0 Å². The Morgan fingerprint density at radius 2 is 2.17 bits per heavy atom. The maximum atomic E-state index is 12.5. The van der Waals surface area contributed by atoms with Crippen LogP contribution in [0.25, 0.3) is 0 Å². The zero-order valence-corrected chi connectivity index (χ0v) is 11.1. The third-order valence-corrected chi connectivity index (χ3v) is 3.96. The summed E-state index contributed by atoms with van der Waals surface area (Å²) in [5, 5.41) is 12.1. The summed E-state index contributed by atoms with van der Waals surface area (Å²) >= 11 is 0. The van der Waals surface area contributed by atoms with Crippen molar-refractivity contribution in [1.82, 2.24) is 15.1 Å². The van der Waals surface area contributed by atoms with Crippen LogP contribution < -0.4 is 5.32 Å². The molecule has 2 saturated heterocycles. The van der Waals surface area contributed by atoms with Crippen molar-refractivity contribution in [3.8, 4) is 6.07 Å². The zero-order valence-electron chi connectivity index (χ0n) is 11.1. The van der Waals surface area contributed by atoms with Gasteiger partial charge in [-0.05, 0) is 26.3 Å². The van der Waals surface area contributed by atoms with Crippen LogP contribution in [0.15, 0.2) is 0 Å². The summed E-state index contributed by atoms with van der Waals surface area (Å²) < 4.78 is 0. The number of hydrogen-bond donors (Lipinski definition) is 1. The van der Waals surface area contributed by atoms with E-state index in [9.17, 15) is 4.79 Å². The highest BCUT2D eigenvalue weighted by atomic mass is 16.2. The van der Waals surface area contributed by atoms with Gasteiger partial charge < -0.3 is 10.2 Å². The minimum Gasteiger partial charge on any atom is -0.339 e. The summed E-state index contributed by atoms with van der Waals surface area (Å²) in [7, 11) is 0. The van der Waals surface area contributed by atoms with E-state index in [4.69, 9.17) is 5.26 Å². The Bertz CT molecular complexity index is 332. The second-order valence-electron chi connectivity index (χ2n) is 5.18. The van der Waals surface area contributed by atoms with Crippen LogP contribution in [0.3, 0.4) is 0 Å². The SMILES string of the molecule is CC(CC#N)N1CCCC1C(=O)N1CCNCC1. The van der Waals surface area contributed by atoms with Gasteiger partial charge in [0.2, 0.25) is 5.91 Å².